The summed E-state index contributed by atoms with van der Waals surface area (Å²) in [6.07, 6.45) is 0. The lowest BCUT2D eigenvalue weighted by Crippen LogP contribution is -2.26. The lowest BCUT2D eigenvalue weighted by Gasteiger charge is -2.06. The van der Waals surface area contributed by atoms with E-state index in [1.54, 1.807) is 35.6 Å². The molecule has 112 valence electrons. The zero-order valence-electron chi connectivity index (χ0n) is 12.1. The van der Waals surface area contributed by atoms with Crippen molar-refractivity contribution in [3.63, 3.8) is 0 Å². The van der Waals surface area contributed by atoms with E-state index in [0.29, 0.717) is 17.3 Å². The van der Waals surface area contributed by atoms with Gasteiger partial charge in [-0.15, -0.1) is 11.3 Å². The number of H-pyrrole nitrogens is 1. The zero-order valence-corrected chi connectivity index (χ0v) is 13.0. The Labute approximate surface area is 130 Å². The highest BCUT2D eigenvalue weighted by Crippen LogP contribution is 2.17. The monoisotopic (exact) mass is 314 g/mol. The summed E-state index contributed by atoms with van der Waals surface area (Å²) < 4.78 is 0. The van der Waals surface area contributed by atoms with Gasteiger partial charge in [0.1, 0.15) is 0 Å². The summed E-state index contributed by atoms with van der Waals surface area (Å²) in [5.41, 5.74) is 0.831. The minimum Gasteiger partial charge on any atom is -0.346 e. The number of rotatable bonds is 3. The first kappa shape index (κ1) is 14.4. The molecule has 0 aliphatic heterocycles. The number of thiazole rings is 1. The lowest BCUT2D eigenvalue weighted by molar-refractivity contribution is 0.0947. The first-order valence-corrected chi connectivity index (χ1v) is 7.56. The summed E-state index contributed by atoms with van der Waals surface area (Å²) in [6.45, 7) is 4.24. The molecule has 0 atom stereocenters. The van der Waals surface area contributed by atoms with E-state index in [2.05, 4.69) is 20.5 Å². The Morgan fingerprint density at radius 2 is 2.00 bits per heavy atom. The standard InChI is InChI=1S/C15H14N4O2S/c1-8-12(22-9(2)17-8)7-16-15(21)13-10-5-3-4-6-11(10)14(20)19-18-13/h3-6H,7H2,1-2H3,(H,16,21)(H,19,20). The van der Waals surface area contributed by atoms with E-state index in [1.165, 1.54) is 0 Å². The van der Waals surface area contributed by atoms with Gasteiger partial charge in [0, 0.05) is 10.3 Å². The Hall–Kier alpha value is -2.54. The molecule has 2 aromatic heterocycles. The maximum Gasteiger partial charge on any atom is 0.272 e. The number of hydrogen-bond donors (Lipinski definition) is 2. The van der Waals surface area contributed by atoms with Crippen LogP contribution in [0.25, 0.3) is 10.8 Å². The number of fused-ring (bicyclic) bond motifs is 1. The van der Waals surface area contributed by atoms with Crippen molar-refractivity contribution >= 4 is 28.0 Å². The maximum absolute atomic E-state index is 12.3. The largest absolute Gasteiger partial charge is 0.346 e. The van der Waals surface area contributed by atoms with Crippen molar-refractivity contribution < 1.29 is 4.79 Å². The van der Waals surface area contributed by atoms with Gasteiger partial charge in [0.2, 0.25) is 0 Å². The molecule has 0 spiro atoms. The molecular formula is C15H14N4O2S. The maximum atomic E-state index is 12.3. The van der Waals surface area contributed by atoms with Crippen LogP contribution in [-0.2, 0) is 6.54 Å². The molecule has 6 nitrogen and oxygen atoms in total. The van der Waals surface area contributed by atoms with Gasteiger partial charge in [-0.3, -0.25) is 9.59 Å². The number of benzene rings is 1. The molecule has 0 aliphatic carbocycles. The SMILES string of the molecule is Cc1nc(C)c(CNC(=O)c2n[nH]c(=O)c3ccccc23)s1. The van der Waals surface area contributed by atoms with Gasteiger partial charge in [-0.05, 0) is 19.9 Å². The number of aryl methyl sites for hydroxylation is 2. The number of aromatic nitrogens is 3. The van der Waals surface area contributed by atoms with E-state index in [4.69, 9.17) is 0 Å². The molecular weight excluding hydrogens is 300 g/mol. The molecule has 3 aromatic rings. The Bertz CT molecular complexity index is 913. The van der Waals surface area contributed by atoms with Crippen LogP contribution >= 0.6 is 11.3 Å². The predicted octanol–water partition coefficient (Wildman–Crippen LogP) is 1.93. The second kappa shape index (κ2) is 5.69. The number of carbonyl (C=O) groups excluding carboxylic acids is 1. The molecule has 7 heteroatoms. The fourth-order valence-corrected chi connectivity index (χ4v) is 3.15. The van der Waals surface area contributed by atoms with Crippen LogP contribution in [0.4, 0.5) is 0 Å². The van der Waals surface area contributed by atoms with Crippen LogP contribution in [0.2, 0.25) is 0 Å². The highest BCUT2D eigenvalue weighted by atomic mass is 32.1. The quantitative estimate of drug-likeness (QED) is 0.773. The second-order valence-electron chi connectivity index (χ2n) is 4.87. The Morgan fingerprint density at radius 3 is 2.68 bits per heavy atom. The van der Waals surface area contributed by atoms with E-state index >= 15 is 0 Å². The van der Waals surface area contributed by atoms with Gasteiger partial charge in [-0.1, -0.05) is 18.2 Å². The van der Waals surface area contributed by atoms with Crippen molar-refractivity contribution in [2.24, 2.45) is 0 Å². The fraction of sp³-hybridized carbons (Fsp3) is 0.200. The summed E-state index contributed by atoms with van der Waals surface area (Å²) in [7, 11) is 0. The molecule has 3 rings (SSSR count). The molecule has 0 unspecified atom stereocenters. The van der Waals surface area contributed by atoms with Crippen LogP contribution in [-0.4, -0.2) is 21.1 Å². The number of nitrogens with one attached hydrogen (secondary N) is 2. The smallest absolute Gasteiger partial charge is 0.272 e. The second-order valence-corrected chi connectivity index (χ2v) is 6.16. The molecule has 0 bridgehead atoms. The molecule has 0 saturated heterocycles. The van der Waals surface area contributed by atoms with Gasteiger partial charge in [0.15, 0.2) is 5.69 Å². The molecule has 1 amide bonds. The molecule has 0 aliphatic rings. The number of carbonyl (C=O) groups is 1. The minimum atomic E-state index is -0.321. The molecule has 2 heterocycles. The van der Waals surface area contributed by atoms with Gasteiger partial charge in [-0.25, -0.2) is 10.1 Å². The number of aromatic amines is 1. The minimum absolute atomic E-state index is 0.217. The highest BCUT2D eigenvalue weighted by molar-refractivity contribution is 7.11. The van der Waals surface area contributed by atoms with E-state index < -0.39 is 0 Å². The summed E-state index contributed by atoms with van der Waals surface area (Å²) >= 11 is 1.55. The van der Waals surface area contributed by atoms with Gasteiger partial charge < -0.3 is 5.32 Å². The van der Waals surface area contributed by atoms with Crippen molar-refractivity contribution in [3.05, 3.63) is 55.9 Å². The van der Waals surface area contributed by atoms with Crippen molar-refractivity contribution in [2.45, 2.75) is 20.4 Å². The van der Waals surface area contributed by atoms with Crippen molar-refractivity contribution in [3.8, 4) is 0 Å². The van der Waals surface area contributed by atoms with Crippen molar-refractivity contribution in [1.29, 1.82) is 0 Å². The third-order valence-corrected chi connectivity index (χ3v) is 4.39. The van der Waals surface area contributed by atoms with E-state index in [1.807, 2.05) is 13.8 Å². The summed E-state index contributed by atoms with van der Waals surface area (Å²) in [5, 5.41) is 11.0. The first-order valence-electron chi connectivity index (χ1n) is 6.75. The number of amides is 1. The van der Waals surface area contributed by atoms with Gasteiger partial charge in [-0.2, -0.15) is 5.10 Å². The van der Waals surface area contributed by atoms with Crippen LogP contribution in [0.1, 0.15) is 26.1 Å². The van der Waals surface area contributed by atoms with E-state index in [-0.39, 0.29) is 17.2 Å². The topological polar surface area (TPSA) is 87.7 Å². The van der Waals surface area contributed by atoms with Crippen LogP contribution in [0.3, 0.4) is 0 Å². The molecule has 1 aromatic carbocycles. The van der Waals surface area contributed by atoms with E-state index in [9.17, 15) is 9.59 Å². The molecule has 0 radical (unpaired) electrons. The van der Waals surface area contributed by atoms with Crippen LogP contribution in [0.15, 0.2) is 29.1 Å². The van der Waals surface area contributed by atoms with Crippen LogP contribution in [0.5, 0.6) is 0 Å². The summed E-state index contributed by atoms with van der Waals surface area (Å²) in [4.78, 5) is 29.4. The van der Waals surface area contributed by atoms with Gasteiger partial charge in [0.05, 0.1) is 22.6 Å². The average Bonchev–Trinajstić information content (AvgIpc) is 2.83. The molecule has 22 heavy (non-hydrogen) atoms. The third-order valence-electron chi connectivity index (χ3n) is 3.32. The third kappa shape index (κ3) is 2.62. The first-order chi connectivity index (χ1) is 10.6. The highest BCUT2D eigenvalue weighted by Gasteiger charge is 2.14. The van der Waals surface area contributed by atoms with Crippen LogP contribution < -0.4 is 10.9 Å². The Balaban J connectivity index is 1.88. The molecule has 2 N–H and O–H groups in total. The summed E-state index contributed by atoms with van der Waals surface area (Å²) in [6, 6.07) is 6.91. The number of hydrogen-bond acceptors (Lipinski definition) is 5. The predicted molar refractivity (Wildman–Crippen MR) is 85.1 cm³/mol. The zero-order chi connectivity index (χ0) is 15.7. The normalized spacial score (nSPS) is 10.8. The van der Waals surface area contributed by atoms with Crippen molar-refractivity contribution in [2.75, 3.05) is 0 Å². The Kier molecular flexibility index (Phi) is 3.72. The van der Waals surface area contributed by atoms with Gasteiger partial charge in [0.25, 0.3) is 11.5 Å². The average molecular weight is 314 g/mol. The molecule has 0 saturated carbocycles. The summed E-state index contributed by atoms with van der Waals surface area (Å²) in [5.74, 6) is -0.321. The van der Waals surface area contributed by atoms with E-state index in [0.717, 1.165) is 15.6 Å². The fourth-order valence-electron chi connectivity index (χ4n) is 2.27. The van der Waals surface area contributed by atoms with Gasteiger partial charge >= 0.3 is 0 Å². The number of nitrogens with zero attached hydrogens (tertiary/aromatic N) is 2. The Morgan fingerprint density at radius 1 is 1.27 bits per heavy atom. The lowest BCUT2D eigenvalue weighted by atomic mass is 10.1. The molecule has 0 fully saturated rings. The van der Waals surface area contributed by atoms with Crippen molar-refractivity contribution in [1.82, 2.24) is 20.5 Å². The van der Waals surface area contributed by atoms with Crippen LogP contribution in [0, 0.1) is 13.8 Å².